The second-order valence-electron chi connectivity index (χ2n) is 3.91. The van der Waals surface area contributed by atoms with Gasteiger partial charge in [-0.05, 0) is 18.2 Å². The number of hydrogen-bond acceptors (Lipinski definition) is 2. The van der Waals surface area contributed by atoms with Gasteiger partial charge in [0.15, 0.2) is 5.82 Å². The topological polar surface area (TPSA) is 57.8 Å². The quantitative estimate of drug-likeness (QED) is 0.844. The predicted octanol–water partition coefficient (Wildman–Crippen LogP) is 2.81. The van der Waals surface area contributed by atoms with Crippen molar-refractivity contribution in [1.82, 2.24) is 10.2 Å². The van der Waals surface area contributed by atoms with Crippen molar-refractivity contribution in [2.45, 2.75) is 13.8 Å². The van der Waals surface area contributed by atoms with E-state index in [0.29, 0.717) is 10.8 Å². The maximum absolute atomic E-state index is 11.5. The van der Waals surface area contributed by atoms with Gasteiger partial charge in [-0.3, -0.25) is 9.89 Å². The van der Waals surface area contributed by atoms with Gasteiger partial charge < -0.3 is 5.32 Å². The van der Waals surface area contributed by atoms with Gasteiger partial charge in [0.2, 0.25) is 5.91 Å². The zero-order chi connectivity index (χ0) is 11.7. The summed E-state index contributed by atoms with van der Waals surface area (Å²) in [6.07, 6.45) is 0. The standard InChI is InChI=1S/C11H12ClN3O/c1-6(2)11(16)13-10-8-5-7(12)3-4-9(8)14-15-10/h3-6H,1-2H3,(H2,13,14,15,16). The minimum Gasteiger partial charge on any atom is -0.308 e. The number of nitrogens with zero attached hydrogens (tertiary/aromatic N) is 1. The number of aromatic nitrogens is 2. The van der Waals surface area contributed by atoms with Crippen molar-refractivity contribution in [2.24, 2.45) is 5.92 Å². The van der Waals surface area contributed by atoms with Gasteiger partial charge in [-0.15, -0.1) is 0 Å². The van der Waals surface area contributed by atoms with Crippen LogP contribution >= 0.6 is 11.6 Å². The van der Waals surface area contributed by atoms with Gasteiger partial charge in [0, 0.05) is 16.3 Å². The van der Waals surface area contributed by atoms with Crippen molar-refractivity contribution >= 4 is 34.2 Å². The molecule has 2 aromatic rings. The van der Waals surface area contributed by atoms with Gasteiger partial charge in [0.25, 0.3) is 0 Å². The van der Waals surface area contributed by atoms with E-state index in [1.807, 2.05) is 19.9 Å². The van der Waals surface area contributed by atoms with E-state index < -0.39 is 0 Å². The van der Waals surface area contributed by atoms with Gasteiger partial charge in [-0.1, -0.05) is 25.4 Å². The smallest absolute Gasteiger partial charge is 0.228 e. The summed E-state index contributed by atoms with van der Waals surface area (Å²) in [5.41, 5.74) is 0.850. The molecule has 0 atom stereocenters. The number of nitrogens with one attached hydrogen (secondary N) is 2. The first-order chi connectivity index (χ1) is 7.58. The Labute approximate surface area is 98.0 Å². The molecule has 0 saturated carbocycles. The lowest BCUT2D eigenvalue weighted by Crippen LogP contribution is -2.18. The summed E-state index contributed by atoms with van der Waals surface area (Å²) >= 11 is 5.89. The minimum absolute atomic E-state index is 0.0617. The van der Waals surface area contributed by atoms with Crippen LogP contribution in [0.4, 0.5) is 5.82 Å². The Bertz CT molecular complexity index is 533. The number of rotatable bonds is 2. The Morgan fingerprint density at radius 2 is 2.25 bits per heavy atom. The molecule has 0 aliphatic rings. The molecule has 2 N–H and O–H groups in total. The van der Waals surface area contributed by atoms with E-state index in [-0.39, 0.29) is 11.8 Å². The Kier molecular flexibility index (Phi) is 2.83. The molecule has 1 aromatic carbocycles. The molecular formula is C11H12ClN3O. The Morgan fingerprint density at radius 3 is 2.94 bits per heavy atom. The molecule has 0 aliphatic heterocycles. The molecule has 1 amide bonds. The highest BCUT2D eigenvalue weighted by Gasteiger charge is 2.11. The molecule has 0 spiro atoms. The number of hydrogen-bond donors (Lipinski definition) is 2. The predicted molar refractivity (Wildman–Crippen MR) is 64.6 cm³/mol. The first kappa shape index (κ1) is 11.0. The molecule has 0 fully saturated rings. The van der Waals surface area contributed by atoms with E-state index >= 15 is 0 Å². The fourth-order valence-electron chi connectivity index (χ4n) is 1.34. The SMILES string of the molecule is CC(C)C(=O)Nc1n[nH]c2ccc(Cl)cc12. The third-order valence-electron chi connectivity index (χ3n) is 2.29. The Morgan fingerprint density at radius 1 is 1.50 bits per heavy atom. The molecule has 16 heavy (non-hydrogen) atoms. The third-order valence-corrected chi connectivity index (χ3v) is 2.53. The summed E-state index contributed by atoms with van der Waals surface area (Å²) in [5.74, 6) is 0.385. The van der Waals surface area contributed by atoms with Crippen molar-refractivity contribution in [3.8, 4) is 0 Å². The van der Waals surface area contributed by atoms with Crippen molar-refractivity contribution in [1.29, 1.82) is 0 Å². The number of amides is 1. The summed E-state index contributed by atoms with van der Waals surface area (Å²) in [4.78, 5) is 11.5. The number of carbonyl (C=O) groups excluding carboxylic acids is 1. The molecule has 84 valence electrons. The highest BCUT2D eigenvalue weighted by Crippen LogP contribution is 2.24. The Hall–Kier alpha value is -1.55. The number of H-pyrrole nitrogens is 1. The number of anilines is 1. The second-order valence-corrected chi connectivity index (χ2v) is 4.34. The van der Waals surface area contributed by atoms with Crippen LogP contribution in [-0.4, -0.2) is 16.1 Å². The van der Waals surface area contributed by atoms with Gasteiger partial charge in [0.05, 0.1) is 5.52 Å². The molecule has 5 heteroatoms. The summed E-state index contributed by atoms with van der Waals surface area (Å²) in [7, 11) is 0. The van der Waals surface area contributed by atoms with Crippen LogP contribution in [0.15, 0.2) is 18.2 Å². The van der Waals surface area contributed by atoms with E-state index in [1.165, 1.54) is 0 Å². The monoisotopic (exact) mass is 237 g/mol. The highest BCUT2D eigenvalue weighted by molar-refractivity contribution is 6.31. The molecule has 0 bridgehead atoms. The second kappa shape index (κ2) is 4.14. The summed E-state index contributed by atoms with van der Waals surface area (Å²) in [5, 5.41) is 11.1. The average molecular weight is 238 g/mol. The fourth-order valence-corrected chi connectivity index (χ4v) is 1.51. The average Bonchev–Trinajstić information content (AvgIpc) is 2.61. The molecular weight excluding hydrogens is 226 g/mol. The zero-order valence-corrected chi connectivity index (χ0v) is 9.80. The van der Waals surface area contributed by atoms with Crippen molar-refractivity contribution in [2.75, 3.05) is 5.32 Å². The summed E-state index contributed by atoms with van der Waals surface area (Å²) in [6.45, 7) is 3.66. The maximum atomic E-state index is 11.5. The van der Waals surface area contributed by atoms with Crippen LogP contribution in [0, 0.1) is 5.92 Å². The van der Waals surface area contributed by atoms with Crippen molar-refractivity contribution < 1.29 is 4.79 Å². The lowest BCUT2D eigenvalue weighted by atomic mass is 10.2. The summed E-state index contributed by atoms with van der Waals surface area (Å²) < 4.78 is 0. The molecule has 0 saturated heterocycles. The lowest BCUT2D eigenvalue weighted by molar-refractivity contribution is -0.118. The van der Waals surface area contributed by atoms with E-state index in [4.69, 9.17) is 11.6 Å². The number of fused-ring (bicyclic) bond motifs is 1. The van der Waals surface area contributed by atoms with Gasteiger partial charge >= 0.3 is 0 Å². The van der Waals surface area contributed by atoms with E-state index in [2.05, 4.69) is 15.5 Å². The van der Waals surface area contributed by atoms with Gasteiger partial charge in [-0.2, -0.15) is 5.10 Å². The number of aromatic amines is 1. The van der Waals surface area contributed by atoms with Crippen molar-refractivity contribution in [3.63, 3.8) is 0 Å². The van der Waals surface area contributed by atoms with Crippen LogP contribution in [0.1, 0.15) is 13.8 Å². The number of carbonyl (C=O) groups is 1. The van der Waals surface area contributed by atoms with E-state index in [9.17, 15) is 4.79 Å². The molecule has 0 radical (unpaired) electrons. The Balaban J connectivity index is 2.38. The van der Waals surface area contributed by atoms with Crippen LogP contribution in [0.25, 0.3) is 10.9 Å². The van der Waals surface area contributed by atoms with E-state index in [0.717, 1.165) is 10.9 Å². The van der Waals surface area contributed by atoms with Crippen LogP contribution in [0.5, 0.6) is 0 Å². The number of benzene rings is 1. The fraction of sp³-hybridized carbons (Fsp3) is 0.273. The van der Waals surface area contributed by atoms with Crippen LogP contribution < -0.4 is 5.32 Å². The third kappa shape index (κ3) is 2.02. The molecule has 1 aromatic heterocycles. The van der Waals surface area contributed by atoms with Gasteiger partial charge in [0.1, 0.15) is 0 Å². The highest BCUT2D eigenvalue weighted by atomic mass is 35.5. The number of halogens is 1. The largest absolute Gasteiger partial charge is 0.308 e. The van der Waals surface area contributed by atoms with Crippen LogP contribution in [0.2, 0.25) is 5.02 Å². The molecule has 4 nitrogen and oxygen atoms in total. The van der Waals surface area contributed by atoms with Crippen LogP contribution in [0.3, 0.4) is 0 Å². The van der Waals surface area contributed by atoms with Gasteiger partial charge in [-0.25, -0.2) is 0 Å². The molecule has 1 heterocycles. The first-order valence-corrected chi connectivity index (χ1v) is 5.40. The first-order valence-electron chi connectivity index (χ1n) is 5.02. The molecule has 0 aliphatic carbocycles. The zero-order valence-electron chi connectivity index (χ0n) is 9.04. The minimum atomic E-state index is -0.0778. The van der Waals surface area contributed by atoms with Crippen LogP contribution in [-0.2, 0) is 4.79 Å². The summed E-state index contributed by atoms with van der Waals surface area (Å²) in [6, 6.07) is 5.38. The lowest BCUT2D eigenvalue weighted by Gasteiger charge is -2.04. The maximum Gasteiger partial charge on any atom is 0.228 e. The normalized spacial score (nSPS) is 11.0. The molecule has 2 rings (SSSR count). The molecule has 0 unspecified atom stereocenters. The van der Waals surface area contributed by atoms with E-state index in [1.54, 1.807) is 12.1 Å². The van der Waals surface area contributed by atoms with Crippen molar-refractivity contribution in [3.05, 3.63) is 23.2 Å².